The summed E-state index contributed by atoms with van der Waals surface area (Å²) in [5, 5.41) is 0. The van der Waals surface area contributed by atoms with E-state index in [0.29, 0.717) is 5.92 Å². The molecule has 0 aliphatic rings. The first-order valence-electron chi connectivity index (χ1n) is 5.61. The third kappa shape index (κ3) is 4.15. The lowest BCUT2D eigenvalue weighted by Crippen LogP contribution is -2.16. The highest BCUT2D eigenvalue weighted by Gasteiger charge is 2.14. The molecule has 1 aromatic heterocycles. The fraction of sp³-hybridized carbons (Fsp3) is 0.583. The Hall–Kier alpha value is 0.0700. The maximum absolute atomic E-state index is 6.17. The van der Waals surface area contributed by atoms with Gasteiger partial charge in [-0.15, -0.1) is 0 Å². The Bertz CT molecular complexity index is 342. The average molecular weight is 350 g/mol. The lowest BCUT2D eigenvalue weighted by atomic mass is 9.96. The highest BCUT2D eigenvalue weighted by molar-refractivity contribution is 9.11. The maximum Gasteiger partial charge on any atom is 0.0713 e. The molecular formula is C12H18Br2N2. The van der Waals surface area contributed by atoms with E-state index in [1.165, 1.54) is 12.8 Å². The summed E-state index contributed by atoms with van der Waals surface area (Å²) in [5.41, 5.74) is 7.12. The number of rotatable bonds is 5. The van der Waals surface area contributed by atoms with E-state index in [4.69, 9.17) is 5.73 Å². The number of nitrogens with two attached hydrogens (primary N) is 1. The normalized spacial score (nSPS) is 14.8. The van der Waals surface area contributed by atoms with Crippen LogP contribution in [-0.2, 0) is 0 Å². The molecule has 0 saturated heterocycles. The highest BCUT2D eigenvalue weighted by atomic mass is 79.9. The molecule has 0 spiro atoms. The van der Waals surface area contributed by atoms with Gasteiger partial charge in [-0.1, -0.05) is 26.7 Å². The van der Waals surface area contributed by atoms with E-state index in [1.54, 1.807) is 6.20 Å². The number of hydrogen-bond donors (Lipinski definition) is 1. The Morgan fingerprint density at radius 2 is 2.12 bits per heavy atom. The summed E-state index contributed by atoms with van der Waals surface area (Å²) in [6.07, 6.45) is 5.22. The van der Waals surface area contributed by atoms with E-state index in [-0.39, 0.29) is 6.04 Å². The molecule has 0 amide bonds. The summed E-state index contributed by atoms with van der Waals surface area (Å²) >= 11 is 6.89. The summed E-state index contributed by atoms with van der Waals surface area (Å²) in [5.74, 6) is 0.650. The molecule has 0 aliphatic heterocycles. The molecule has 0 saturated carbocycles. The highest BCUT2D eigenvalue weighted by Crippen LogP contribution is 2.27. The van der Waals surface area contributed by atoms with Crippen molar-refractivity contribution in [2.24, 2.45) is 11.7 Å². The summed E-state index contributed by atoms with van der Waals surface area (Å²) < 4.78 is 1.95. The molecule has 0 bridgehead atoms. The van der Waals surface area contributed by atoms with Crippen LogP contribution < -0.4 is 5.73 Å². The van der Waals surface area contributed by atoms with Crippen molar-refractivity contribution in [1.82, 2.24) is 4.98 Å². The van der Waals surface area contributed by atoms with Gasteiger partial charge in [0.15, 0.2) is 0 Å². The molecule has 1 rings (SSSR count). The molecule has 0 fully saturated rings. The van der Waals surface area contributed by atoms with Crippen molar-refractivity contribution in [3.05, 3.63) is 26.9 Å². The first-order valence-corrected chi connectivity index (χ1v) is 7.19. The minimum Gasteiger partial charge on any atom is -0.323 e. The molecule has 0 aliphatic carbocycles. The minimum absolute atomic E-state index is 0.0176. The maximum atomic E-state index is 6.17. The number of pyridine rings is 1. The molecule has 0 aromatic carbocycles. The van der Waals surface area contributed by atoms with Crippen molar-refractivity contribution in [3.8, 4) is 0 Å². The SMILES string of the molecule is CCCC(C)CC(N)c1ncc(Br)cc1Br. The van der Waals surface area contributed by atoms with Crippen molar-refractivity contribution in [3.63, 3.8) is 0 Å². The molecule has 2 atom stereocenters. The summed E-state index contributed by atoms with van der Waals surface area (Å²) in [6.45, 7) is 4.45. The number of aromatic nitrogens is 1. The van der Waals surface area contributed by atoms with Crippen molar-refractivity contribution < 1.29 is 0 Å². The second-order valence-electron chi connectivity index (χ2n) is 4.26. The predicted octanol–water partition coefficient (Wildman–Crippen LogP) is 4.43. The molecule has 16 heavy (non-hydrogen) atoms. The van der Waals surface area contributed by atoms with Gasteiger partial charge in [-0.2, -0.15) is 0 Å². The zero-order valence-electron chi connectivity index (χ0n) is 9.71. The minimum atomic E-state index is 0.0176. The van der Waals surface area contributed by atoms with Gasteiger partial charge >= 0.3 is 0 Å². The van der Waals surface area contributed by atoms with E-state index in [9.17, 15) is 0 Å². The molecule has 2 nitrogen and oxygen atoms in total. The van der Waals surface area contributed by atoms with Crippen LogP contribution in [0.15, 0.2) is 21.2 Å². The fourth-order valence-electron chi connectivity index (χ4n) is 1.85. The van der Waals surface area contributed by atoms with Gasteiger partial charge in [-0.05, 0) is 50.3 Å². The lowest BCUT2D eigenvalue weighted by Gasteiger charge is -2.17. The summed E-state index contributed by atoms with van der Waals surface area (Å²) in [6, 6.07) is 2.01. The molecule has 90 valence electrons. The van der Waals surface area contributed by atoms with E-state index in [0.717, 1.165) is 21.1 Å². The van der Waals surface area contributed by atoms with Crippen LogP contribution in [0, 0.1) is 5.92 Å². The third-order valence-electron chi connectivity index (χ3n) is 2.63. The quantitative estimate of drug-likeness (QED) is 0.853. The van der Waals surface area contributed by atoms with E-state index in [2.05, 4.69) is 50.7 Å². The van der Waals surface area contributed by atoms with Crippen LogP contribution >= 0.6 is 31.9 Å². The largest absolute Gasteiger partial charge is 0.323 e. The van der Waals surface area contributed by atoms with Gasteiger partial charge in [0, 0.05) is 21.2 Å². The molecule has 2 unspecified atom stereocenters. The number of hydrogen-bond acceptors (Lipinski definition) is 2. The van der Waals surface area contributed by atoms with Crippen LogP contribution in [0.1, 0.15) is 44.8 Å². The average Bonchev–Trinajstić information content (AvgIpc) is 2.17. The van der Waals surface area contributed by atoms with Crippen LogP contribution in [0.3, 0.4) is 0 Å². The Kier molecular flexibility index (Phi) is 5.94. The zero-order valence-corrected chi connectivity index (χ0v) is 12.9. The first kappa shape index (κ1) is 14.1. The second-order valence-corrected chi connectivity index (χ2v) is 6.03. The van der Waals surface area contributed by atoms with Gasteiger partial charge in [-0.25, -0.2) is 0 Å². The Balaban J connectivity index is 2.69. The van der Waals surface area contributed by atoms with Crippen LogP contribution in [0.5, 0.6) is 0 Å². The standard InChI is InChI=1S/C12H18Br2N2/c1-3-4-8(2)5-11(15)12-10(14)6-9(13)7-16-12/h6-8,11H,3-5,15H2,1-2H3. The summed E-state index contributed by atoms with van der Waals surface area (Å²) in [7, 11) is 0. The zero-order chi connectivity index (χ0) is 12.1. The molecule has 4 heteroatoms. The van der Waals surface area contributed by atoms with Gasteiger partial charge in [0.25, 0.3) is 0 Å². The Labute approximate surface area is 114 Å². The van der Waals surface area contributed by atoms with E-state index < -0.39 is 0 Å². The van der Waals surface area contributed by atoms with Crippen molar-refractivity contribution in [2.45, 2.75) is 39.2 Å². The molecule has 2 N–H and O–H groups in total. The molecular weight excluding hydrogens is 332 g/mol. The van der Waals surface area contributed by atoms with Crippen LogP contribution in [0.4, 0.5) is 0 Å². The predicted molar refractivity (Wildman–Crippen MR) is 75.3 cm³/mol. The lowest BCUT2D eigenvalue weighted by molar-refractivity contribution is 0.435. The monoisotopic (exact) mass is 348 g/mol. The first-order chi connectivity index (χ1) is 7.54. The van der Waals surface area contributed by atoms with Crippen molar-refractivity contribution >= 4 is 31.9 Å². The van der Waals surface area contributed by atoms with Gasteiger partial charge < -0.3 is 5.73 Å². The number of halogens is 2. The van der Waals surface area contributed by atoms with Crippen molar-refractivity contribution in [1.29, 1.82) is 0 Å². The summed E-state index contributed by atoms with van der Waals surface area (Å²) in [4.78, 5) is 4.37. The van der Waals surface area contributed by atoms with E-state index in [1.807, 2.05) is 6.07 Å². The molecule has 1 aromatic rings. The van der Waals surface area contributed by atoms with Crippen LogP contribution in [-0.4, -0.2) is 4.98 Å². The second kappa shape index (κ2) is 6.72. The Morgan fingerprint density at radius 3 is 2.69 bits per heavy atom. The number of nitrogens with zero attached hydrogens (tertiary/aromatic N) is 1. The van der Waals surface area contributed by atoms with Crippen molar-refractivity contribution in [2.75, 3.05) is 0 Å². The van der Waals surface area contributed by atoms with Gasteiger partial charge in [0.2, 0.25) is 0 Å². The third-order valence-corrected chi connectivity index (χ3v) is 3.69. The van der Waals surface area contributed by atoms with Gasteiger partial charge in [0.1, 0.15) is 0 Å². The smallest absolute Gasteiger partial charge is 0.0713 e. The Morgan fingerprint density at radius 1 is 1.44 bits per heavy atom. The topological polar surface area (TPSA) is 38.9 Å². The van der Waals surface area contributed by atoms with Gasteiger partial charge in [0.05, 0.1) is 5.69 Å². The van der Waals surface area contributed by atoms with E-state index >= 15 is 0 Å². The molecule has 1 heterocycles. The van der Waals surface area contributed by atoms with Crippen LogP contribution in [0.25, 0.3) is 0 Å². The molecule has 0 radical (unpaired) electrons. The fourth-order valence-corrected chi connectivity index (χ4v) is 3.14. The van der Waals surface area contributed by atoms with Gasteiger partial charge in [-0.3, -0.25) is 4.98 Å². The van der Waals surface area contributed by atoms with Crippen LogP contribution in [0.2, 0.25) is 0 Å².